The second-order valence-corrected chi connectivity index (χ2v) is 8.77. The summed E-state index contributed by atoms with van der Waals surface area (Å²) >= 11 is 0. The van der Waals surface area contributed by atoms with Gasteiger partial charge in [-0.3, -0.25) is 4.79 Å². The predicted octanol–water partition coefficient (Wildman–Crippen LogP) is 0.535. The number of ether oxygens (including phenoxy) is 1. The van der Waals surface area contributed by atoms with Crippen molar-refractivity contribution in [1.82, 2.24) is 4.90 Å². The summed E-state index contributed by atoms with van der Waals surface area (Å²) in [5.74, 6) is 0.0656. The topological polar surface area (TPSA) is 66.9 Å². The van der Waals surface area contributed by atoms with Crippen molar-refractivity contribution in [2.24, 2.45) is 0 Å². The molecule has 0 radical (unpaired) electrons. The molecule has 2 atom stereocenters. The Labute approximate surface area is 135 Å². The molecule has 4 rings (SSSR count). The van der Waals surface area contributed by atoms with E-state index < -0.39 is 9.84 Å². The van der Waals surface area contributed by atoms with E-state index in [2.05, 4.69) is 4.90 Å². The lowest BCUT2D eigenvalue weighted by molar-refractivity contribution is 0.0746. The van der Waals surface area contributed by atoms with Gasteiger partial charge in [-0.15, -0.1) is 0 Å². The van der Waals surface area contributed by atoms with Gasteiger partial charge >= 0.3 is 0 Å². The molecule has 2 unspecified atom stereocenters. The summed E-state index contributed by atoms with van der Waals surface area (Å²) in [6.45, 7) is 3.52. The first-order valence-electron chi connectivity index (χ1n) is 8.00. The third-order valence-corrected chi connectivity index (χ3v) is 7.27. The monoisotopic (exact) mass is 336 g/mol. The van der Waals surface area contributed by atoms with E-state index >= 15 is 0 Å². The smallest absolute Gasteiger partial charge is 0.254 e. The molecule has 0 aliphatic carbocycles. The van der Waals surface area contributed by atoms with Gasteiger partial charge in [0.1, 0.15) is 0 Å². The maximum absolute atomic E-state index is 12.6. The standard InChI is InChI=1S/C16H20N2O4S/c19-16(18-10-15-9-14(18)11-23(15,20)21)12-1-3-13(4-2-12)17-5-7-22-8-6-17/h1-4,14-15H,5-11H2. The Morgan fingerprint density at radius 2 is 1.83 bits per heavy atom. The van der Waals surface area contributed by atoms with Gasteiger partial charge in [-0.05, 0) is 30.7 Å². The van der Waals surface area contributed by atoms with Crippen molar-refractivity contribution >= 4 is 21.4 Å². The zero-order chi connectivity index (χ0) is 16.0. The van der Waals surface area contributed by atoms with Crippen molar-refractivity contribution < 1.29 is 17.9 Å². The molecule has 124 valence electrons. The molecule has 6 nitrogen and oxygen atoms in total. The molecule has 3 fully saturated rings. The van der Waals surface area contributed by atoms with Crippen LogP contribution in [0, 0.1) is 0 Å². The Bertz CT molecular complexity index is 710. The third-order valence-electron chi connectivity index (χ3n) is 5.06. The minimum Gasteiger partial charge on any atom is -0.378 e. The number of nitrogens with zero attached hydrogens (tertiary/aromatic N) is 2. The molecule has 3 heterocycles. The van der Waals surface area contributed by atoms with Gasteiger partial charge in [-0.2, -0.15) is 0 Å². The molecular formula is C16H20N2O4S. The third kappa shape index (κ3) is 2.61. The quantitative estimate of drug-likeness (QED) is 0.788. The van der Waals surface area contributed by atoms with Crippen LogP contribution in [0.1, 0.15) is 16.8 Å². The van der Waals surface area contributed by atoms with Crippen molar-refractivity contribution in [1.29, 1.82) is 0 Å². The van der Waals surface area contributed by atoms with Crippen LogP contribution in [0.3, 0.4) is 0 Å². The molecular weight excluding hydrogens is 316 g/mol. The number of hydrogen-bond acceptors (Lipinski definition) is 5. The van der Waals surface area contributed by atoms with E-state index in [0.29, 0.717) is 18.5 Å². The van der Waals surface area contributed by atoms with Gasteiger partial charge in [0.15, 0.2) is 9.84 Å². The van der Waals surface area contributed by atoms with Crippen LogP contribution >= 0.6 is 0 Å². The minimum absolute atomic E-state index is 0.0547. The summed E-state index contributed by atoms with van der Waals surface area (Å²) < 4.78 is 28.9. The maximum atomic E-state index is 12.6. The molecule has 1 aromatic rings. The molecule has 0 aromatic heterocycles. The van der Waals surface area contributed by atoms with Crippen molar-refractivity contribution in [3.8, 4) is 0 Å². The number of likely N-dealkylation sites (tertiary alicyclic amines) is 1. The van der Waals surface area contributed by atoms with Crippen LogP contribution < -0.4 is 4.90 Å². The lowest BCUT2D eigenvalue weighted by Gasteiger charge is -2.29. The Hall–Kier alpha value is -1.60. The van der Waals surface area contributed by atoms with Gasteiger partial charge in [0.25, 0.3) is 5.91 Å². The number of anilines is 1. The number of fused-ring (bicyclic) bond motifs is 2. The van der Waals surface area contributed by atoms with E-state index in [1.165, 1.54) is 0 Å². The SMILES string of the molecule is O=C(c1ccc(N2CCOCC2)cc1)N1CC2CC1CS2(=O)=O. The summed E-state index contributed by atoms with van der Waals surface area (Å²) in [5.41, 5.74) is 1.72. The first-order chi connectivity index (χ1) is 11.0. The van der Waals surface area contributed by atoms with Crippen LogP contribution in [-0.2, 0) is 14.6 Å². The zero-order valence-corrected chi connectivity index (χ0v) is 13.7. The van der Waals surface area contributed by atoms with Crippen molar-refractivity contribution in [3.05, 3.63) is 29.8 Å². The number of rotatable bonds is 2. The molecule has 3 aliphatic rings. The number of morpholine rings is 1. The van der Waals surface area contributed by atoms with E-state index in [1.54, 1.807) is 4.90 Å². The summed E-state index contributed by atoms with van der Waals surface area (Å²) in [6, 6.07) is 7.46. The van der Waals surface area contributed by atoms with Gasteiger partial charge in [0.2, 0.25) is 0 Å². The molecule has 0 saturated carbocycles. The highest BCUT2D eigenvalue weighted by Gasteiger charge is 2.50. The van der Waals surface area contributed by atoms with Gasteiger partial charge in [-0.25, -0.2) is 8.42 Å². The van der Waals surface area contributed by atoms with Crippen molar-refractivity contribution in [3.63, 3.8) is 0 Å². The van der Waals surface area contributed by atoms with E-state index in [0.717, 1.165) is 32.0 Å². The van der Waals surface area contributed by atoms with Crippen LogP contribution in [0.4, 0.5) is 5.69 Å². The average Bonchev–Trinajstić information content (AvgIpc) is 3.11. The van der Waals surface area contributed by atoms with Crippen molar-refractivity contribution in [2.75, 3.05) is 43.5 Å². The fourth-order valence-corrected chi connectivity index (χ4v) is 5.77. The Morgan fingerprint density at radius 3 is 2.39 bits per heavy atom. The molecule has 0 N–H and O–H groups in total. The van der Waals surface area contributed by atoms with Gasteiger partial charge in [0, 0.05) is 36.9 Å². The van der Waals surface area contributed by atoms with Gasteiger partial charge < -0.3 is 14.5 Å². The number of sulfone groups is 1. The number of benzene rings is 1. The van der Waals surface area contributed by atoms with Crippen LogP contribution in [0.15, 0.2) is 24.3 Å². The van der Waals surface area contributed by atoms with E-state index in [1.807, 2.05) is 24.3 Å². The highest BCUT2D eigenvalue weighted by atomic mass is 32.2. The Morgan fingerprint density at radius 1 is 1.13 bits per heavy atom. The lowest BCUT2D eigenvalue weighted by atomic mass is 10.1. The average molecular weight is 336 g/mol. The number of carbonyl (C=O) groups is 1. The maximum Gasteiger partial charge on any atom is 0.254 e. The zero-order valence-electron chi connectivity index (χ0n) is 12.8. The normalized spacial score (nSPS) is 29.0. The summed E-state index contributed by atoms with van der Waals surface area (Å²) in [7, 11) is -2.97. The van der Waals surface area contributed by atoms with Crippen LogP contribution in [-0.4, -0.2) is 69.1 Å². The number of hydrogen-bond donors (Lipinski definition) is 0. The van der Waals surface area contributed by atoms with E-state index in [-0.39, 0.29) is 23.0 Å². The highest BCUT2D eigenvalue weighted by Crippen LogP contribution is 2.34. The molecule has 7 heteroatoms. The second-order valence-electron chi connectivity index (χ2n) is 6.44. The number of amides is 1. The van der Waals surface area contributed by atoms with Crippen LogP contribution in [0.2, 0.25) is 0 Å². The van der Waals surface area contributed by atoms with Gasteiger partial charge in [0.05, 0.1) is 24.2 Å². The summed E-state index contributed by atoms with van der Waals surface area (Å²) in [5, 5.41) is -0.357. The fourth-order valence-electron chi connectivity index (χ4n) is 3.75. The molecule has 2 bridgehead atoms. The van der Waals surface area contributed by atoms with Crippen molar-refractivity contribution in [2.45, 2.75) is 17.7 Å². The number of carbonyl (C=O) groups excluding carboxylic acids is 1. The van der Waals surface area contributed by atoms with E-state index in [9.17, 15) is 13.2 Å². The molecule has 3 saturated heterocycles. The molecule has 1 amide bonds. The summed E-state index contributed by atoms with van der Waals surface area (Å²) in [4.78, 5) is 16.6. The van der Waals surface area contributed by atoms with Crippen LogP contribution in [0.5, 0.6) is 0 Å². The molecule has 23 heavy (non-hydrogen) atoms. The fraction of sp³-hybridized carbons (Fsp3) is 0.562. The van der Waals surface area contributed by atoms with Gasteiger partial charge in [-0.1, -0.05) is 0 Å². The Balaban J connectivity index is 1.47. The lowest BCUT2D eigenvalue weighted by Crippen LogP contribution is -2.44. The van der Waals surface area contributed by atoms with E-state index in [4.69, 9.17) is 4.74 Å². The summed E-state index contributed by atoms with van der Waals surface area (Å²) in [6.07, 6.45) is 0.597. The Kier molecular flexibility index (Phi) is 3.57. The first kappa shape index (κ1) is 15.0. The predicted molar refractivity (Wildman–Crippen MR) is 86.5 cm³/mol. The highest BCUT2D eigenvalue weighted by molar-refractivity contribution is 7.92. The largest absolute Gasteiger partial charge is 0.378 e. The molecule has 3 aliphatic heterocycles. The molecule has 0 spiro atoms. The minimum atomic E-state index is -2.97. The van der Waals surface area contributed by atoms with Crippen LogP contribution in [0.25, 0.3) is 0 Å². The second kappa shape index (κ2) is 5.49. The molecule has 1 aromatic carbocycles. The first-order valence-corrected chi connectivity index (χ1v) is 9.71.